The van der Waals surface area contributed by atoms with Gasteiger partial charge in [0.05, 0.1) is 67.7 Å². The van der Waals surface area contributed by atoms with E-state index in [0.29, 0.717) is 11.4 Å². The maximum atomic E-state index is 16.6. The van der Waals surface area contributed by atoms with Crippen LogP contribution in [0.2, 0.25) is 0 Å². The predicted molar refractivity (Wildman–Crippen MR) is 604 cm³/mol. The summed E-state index contributed by atoms with van der Waals surface area (Å²) in [7, 11) is 0. The topological polar surface area (TPSA) is 13.0 Å². The Labute approximate surface area is 847 Å². The Kier molecular flexibility index (Phi) is 18.7. The third kappa shape index (κ3) is 11.8. The minimum Gasteiger partial charge on any atom is -0.309 e. The monoisotopic (exact) mass is 1870 g/mol. The molecule has 0 radical (unpaired) electrons. The summed E-state index contributed by atoms with van der Waals surface area (Å²) in [6.07, 6.45) is 0. The van der Waals surface area contributed by atoms with Crippen LogP contribution in [0.3, 0.4) is 0 Å². The molecule has 24 aromatic rings. The van der Waals surface area contributed by atoms with Gasteiger partial charge in [-0.25, -0.2) is 8.78 Å². The Bertz CT molecular complexity index is 9030. The van der Waals surface area contributed by atoms with Crippen LogP contribution in [-0.4, -0.2) is 0 Å². The second-order valence-electron chi connectivity index (χ2n) is 40.8. The zero-order valence-electron chi connectivity index (χ0n) is 80.9. The van der Waals surface area contributed by atoms with Crippen molar-refractivity contribution < 1.29 is 8.78 Å². The quantitative estimate of drug-likeness (QED) is 0.113. The minimum atomic E-state index is -0.478. The number of hydrogen-bond donors (Lipinski definition) is 0. The molecule has 0 unspecified atom stereocenters. The molecule has 6 aliphatic carbocycles. The van der Waals surface area contributed by atoms with Crippen molar-refractivity contribution in [2.75, 3.05) is 19.6 Å². The molecule has 30 rings (SSSR count). The van der Waals surface area contributed by atoms with Crippen molar-refractivity contribution in [1.29, 1.82) is 0 Å². The summed E-state index contributed by atoms with van der Waals surface area (Å²) in [6, 6.07) is 180. The molecule has 146 heavy (non-hydrogen) atoms. The van der Waals surface area contributed by atoms with Crippen molar-refractivity contribution in [1.82, 2.24) is 0 Å². The fourth-order valence-electron chi connectivity index (χ4n) is 27.0. The minimum absolute atomic E-state index is 0.248. The number of anilines is 12. The standard InChI is InChI=1S/C80H50N2.C60H44F2N2/c1-3-25-51(26-4-1)81(73-47-23-45-71-77(73)61-37-15-21-43-69(61)79(71)65-39-17-11-31-55(65)56-32-12-18-40-66(56)79)75-49-63-54-30-8-10-36-60(54)76(50-64(63)53-29-7-9-35-59(53)75)82(52-27-5-2-6-28-52)74-48-24-46-72-78(74)62-38-16-22-44-70(62)80(72)67-41-19-13-33-57(67)58-34-14-20-42-68(58)80;1-59(2)45-25-11-9-23-41(45)57-47(59)27-17-33-53(57)63(51-31-15-13-29-49(51)61)55-35-43-38-20-6-8-22-40(38)56(36-44(43)37-19-5-7-21-39(37)55)64(52-32-16-14-30-50(52)62)54-34-18-28-48-58(54)42-24-10-12-26-46(42)60(48,3)4/h1-50H;5-36H,1-4H3. The third-order valence-corrected chi connectivity index (χ3v) is 33.0. The number of nitrogens with zero attached hydrogens (tertiary/aromatic N) is 4. The molecule has 4 nitrogen and oxygen atoms in total. The van der Waals surface area contributed by atoms with Crippen LogP contribution in [0, 0.1) is 11.6 Å². The summed E-state index contributed by atoms with van der Waals surface area (Å²) in [5.74, 6) is -0.619. The van der Waals surface area contributed by atoms with Crippen LogP contribution in [0.25, 0.3) is 131 Å². The highest BCUT2D eigenvalue weighted by Gasteiger charge is 2.55. The first-order valence-electron chi connectivity index (χ1n) is 50.8. The van der Waals surface area contributed by atoms with Crippen LogP contribution < -0.4 is 19.6 Å². The van der Waals surface area contributed by atoms with E-state index in [1.54, 1.807) is 24.3 Å². The fourth-order valence-corrected chi connectivity index (χ4v) is 27.0. The molecular weight excluding hydrogens is 1780 g/mol. The normalized spacial score (nSPS) is 13.9. The van der Waals surface area contributed by atoms with Crippen LogP contribution in [0.15, 0.2) is 497 Å². The van der Waals surface area contributed by atoms with Gasteiger partial charge >= 0.3 is 0 Å². The van der Waals surface area contributed by atoms with E-state index >= 15 is 8.78 Å². The Hall–Kier alpha value is -18.1. The first kappa shape index (κ1) is 84.7. The molecule has 0 heterocycles. The van der Waals surface area contributed by atoms with Gasteiger partial charge in [-0.05, 0) is 251 Å². The largest absolute Gasteiger partial charge is 0.309 e. The van der Waals surface area contributed by atoms with E-state index in [9.17, 15) is 0 Å². The van der Waals surface area contributed by atoms with E-state index in [1.165, 1.54) is 144 Å². The van der Waals surface area contributed by atoms with Gasteiger partial charge < -0.3 is 19.6 Å². The molecule has 0 bridgehead atoms. The molecule has 688 valence electrons. The number of rotatable bonds is 12. The van der Waals surface area contributed by atoms with Crippen LogP contribution in [0.4, 0.5) is 77.0 Å². The third-order valence-electron chi connectivity index (χ3n) is 33.0. The van der Waals surface area contributed by atoms with Crippen LogP contribution >= 0.6 is 0 Å². The summed E-state index contributed by atoms with van der Waals surface area (Å²) in [5.41, 5.74) is 40.2. The maximum Gasteiger partial charge on any atom is 0.147 e. The molecule has 6 aliphatic rings. The lowest BCUT2D eigenvalue weighted by Gasteiger charge is -2.33. The van der Waals surface area contributed by atoms with Crippen LogP contribution in [-0.2, 0) is 21.7 Å². The van der Waals surface area contributed by atoms with Crippen molar-refractivity contribution in [2.45, 2.75) is 49.4 Å². The molecule has 0 saturated carbocycles. The lowest BCUT2D eigenvalue weighted by molar-refractivity contribution is 0.628. The second-order valence-corrected chi connectivity index (χ2v) is 40.8. The van der Waals surface area contributed by atoms with Crippen LogP contribution in [0.5, 0.6) is 0 Å². The molecule has 2 spiro atoms. The van der Waals surface area contributed by atoms with Gasteiger partial charge in [0.2, 0.25) is 0 Å². The number of halogens is 2. The van der Waals surface area contributed by atoms with E-state index in [0.717, 1.165) is 111 Å². The van der Waals surface area contributed by atoms with E-state index in [2.05, 4.69) is 496 Å². The summed E-state index contributed by atoms with van der Waals surface area (Å²) < 4.78 is 33.3. The highest BCUT2D eigenvalue weighted by atomic mass is 19.1. The van der Waals surface area contributed by atoms with Gasteiger partial charge in [0.1, 0.15) is 11.6 Å². The Morgan fingerprint density at radius 1 is 0.144 bits per heavy atom. The van der Waals surface area contributed by atoms with Crippen molar-refractivity contribution in [3.05, 3.63) is 576 Å². The molecule has 6 heteroatoms. The van der Waals surface area contributed by atoms with Gasteiger partial charge in [-0.15, -0.1) is 0 Å². The van der Waals surface area contributed by atoms with Gasteiger partial charge in [0, 0.05) is 66.0 Å². The van der Waals surface area contributed by atoms with Gasteiger partial charge in [-0.1, -0.05) is 428 Å². The smallest absolute Gasteiger partial charge is 0.147 e. The number of benzene rings is 24. The SMILES string of the molecule is CC1(C)c2ccccc2-c2c(N(c3ccccc3F)c3cc4c5ccccc5c(N(c5ccccc5F)c5cccc6c5-c5ccccc5C6(C)C)cc4c4ccccc34)cccc21.c1ccc(N(c2cccc3c2-c2ccccc2C32c3ccccc3-c3ccccc32)c2cc3c4ccccc4c(N(c4ccccc4)c4cccc5c4-c4ccccc4C54c5ccccc5-c5ccccc54)cc3c3ccccc23)cc1. The Morgan fingerprint density at radius 3 is 0.644 bits per heavy atom. The first-order valence-corrected chi connectivity index (χ1v) is 50.8. The number of fused-ring (bicyclic) bond motifs is 36. The molecule has 24 aromatic carbocycles. The van der Waals surface area contributed by atoms with E-state index in [-0.39, 0.29) is 22.5 Å². The number of hydrogen-bond acceptors (Lipinski definition) is 4. The summed E-state index contributed by atoms with van der Waals surface area (Å²) in [4.78, 5) is 9.38. The van der Waals surface area contributed by atoms with Gasteiger partial charge in [0.25, 0.3) is 0 Å². The molecule has 0 fully saturated rings. The average Bonchev–Trinajstić information content (AvgIpc) is 1.50. The van der Waals surface area contributed by atoms with Crippen molar-refractivity contribution in [3.8, 4) is 66.8 Å². The zero-order valence-corrected chi connectivity index (χ0v) is 80.9. The summed E-state index contributed by atoms with van der Waals surface area (Å²) in [6.45, 7) is 9.10. The molecular formula is C140H94F2N4. The predicted octanol–water partition coefficient (Wildman–Crippen LogP) is 37.7. The molecule has 0 aromatic heterocycles. The van der Waals surface area contributed by atoms with Crippen LogP contribution in [0.1, 0.15) is 94.5 Å². The average molecular weight is 1870 g/mol. The highest BCUT2D eigenvalue weighted by molar-refractivity contribution is 6.28. The molecule has 0 amide bonds. The summed E-state index contributed by atoms with van der Waals surface area (Å²) >= 11 is 0. The molecule has 0 aliphatic heterocycles. The van der Waals surface area contributed by atoms with Crippen molar-refractivity contribution >= 4 is 133 Å². The van der Waals surface area contributed by atoms with Gasteiger partial charge in [-0.3, -0.25) is 0 Å². The first-order chi connectivity index (χ1) is 71.9. The lowest BCUT2D eigenvalue weighted by Crippen LogP contribution is -2.26. The Morgan fingerprint density at radius 2 is 0.342 bits per heavy atom. The van der Waals surface area contributed by atoms with E-state index in [4.69, 9.17) is 0 Å². The van der Waals surface area contributed by atoms with E-state index < -0.39 is 10.8 Å². The highest BCUT2D eigenvalue weighted by Crippen LogP contribution is 2.69. The van der Waals surface area contributed by atoms with Crippen molar-refractivity contribution in [2.24, 2.45) is 0 Å². The maximum absolute atomic E-state index is 16.6. The fraction of sp³-hybridized carbons (Fsp3) is 0.0571. The Balaban J connectivity index is 0.000000143. The summed E-state index contributed by atoms with van der Waals surface area (Å²) in [5, 5.41) is 13.1. The van der Waals surface area contributed by atoms with Gasteiger partial charge in [0.15, 0.2) is 0 Å². The molecule has 0 saturated heterocycles. The van der Waals surface area contributed by atoms with E-state index in [1.807, 2.05) is 24.3 Å². The van der Waals surface area contributed by atoms with Crippen molar-refractivity contribution in [3.63, 3.8) is 0 Å². The number of para-hydroxylation sites is 4. The van der Waals surface area contributed by atoms with Gasteiger partial charge in [-0.2, -0.15) is 0 Å². The molecule has 0 atom stereocenters. The molecule has 0 N–H and O–H groups in total. The lowest BCUT2D eigenvalue weighted by atomic mass is 9.70. The zero-order chi connectivity index (χ0) is 97.2. The second kappa shape index (κ2) is 32.2.